The van der Waals surface area contributed by atoms with E-state index in [1.807, 2.05) is 18.7 Å². The van der Waals surface area contributed by atoms with E-state index in [0.29, 0.717) is 50.4 Å². The van der Waals surface area contributed by atoms with Gasteiger partial charge in [-0.15, -0.1) is 0 Å². The molecule has 1 aromatic carbocycles. The molecule has 4 N–H and O–H groups in total. The zero-order valence-electron chi connectivity index (χ0n) is 22.4. The number of nitrogens with zero attached hydrogens (tertiary/aromatic N) is 4. The lowest BCUT2D eigenvalue weighted by atomic mass is 9.71. The summed E-state index contributed by atoms with van der Waals surface area (Å²) in [6.45, 7) is 5.57. The molecule has 0 aliphatic carbocycles. The molecule has 1 amide bonds. The number of nitrogens with one attached hydrogen (secondary N) is 2. The second-order valence-electron chi connectivity index (χ2n) is 10.9. The predicted molar refractivity (Wildman–Crippen MR) is 146 cm³/mol. The van der Waals surface area contributed by atoms with Crippen LogP contribution in [0, 0.1) is 24.0 Å². The van der Waals surface area contributed by atoms with Crippen LogP contribution in [0.5, 0.6) is 0 Å². The van der Waals surface area contributed by atoms with Crippen LogP contribution in [0.3, 0.4) is 0 Å². The summed E-state index contributed by atoms with van der Waals surface area (Å²) in [6.07, 6.45) is -0.420. The van der Waals surface area contributed by atoms with Gasteiger partial charge in [-0.2, -0.15) is 5.10 Å². The lowest BCUT2D eigenvalue weighted by Crippen LogP contribution is -2.51. The van der Waals surface area contributed by atoms with Crippen LogP contribution in [0.2, 0.25) is 5.02 Å². The Morgan fingerprint density at radius 2 is 2.00 bits per heavy atom. The Bertz CT molecular complexity index is 1400. The first-order chi connectivity index (χ1) is 19.1. The monoisotopic (exact) mass is 574 g/mol. The largest absolute Gasteiger partial charge is 0.368 e. The minimum Gasteiger partial charge on any atom is -0.368 e. The van der Waals surface area contributed by atoms with Crippen molar-refractivity contribution in [2.24, 2.45) is 5.41 Å². The molecule has 2 aromatic heterocycles. The average Bonchev–Trinajstić information content (AvgIpc) is 3.28. The zero-order valence-corrected chi connectivity index (χ0v) is 23.2. The maximum absolute atomic E-state index is 15.9. The zero-order chi connectivity index (χ0) is 28.6. The SMILES string of the molecule is Cc1cc(Nc2cc(C(=O)N3CCC3)c(F)c(C[C@@]3(C(O)O)CCN(Cc4cccc(Cl)c4F)[C@H](C)C3)n2)n[nH]1. The van der Waals surface area contributed by atoms with Crippen LogP contribution in [0.25, 0.3) is 0 Å². The lowest BCUT2D eigenvalue weighted by Gasteiger charge is -2.46. The number of amides is 1. The van der Waals surface area contributed by atoms with E-state index < -0.39 is 29.2 Å². The van der Waals surface area contributed by atoms with Crippen LogP contribution < -0.4 is 5.32 Å². The van der Waals surface area contributed by atoms with E-state index in [1.54, 1.807) is 23.1 Å². The second kappa shape index (κ2) is 11.4. The Labute approximate surface area is 236 Å². The number of rotatable bonds is 8. The lowest BCUT2D eigenvalue weighted by molar-refractivity contribution is -0.162. The number of aryl methyl sites for hydroxylation is 1. The first-order valence-electron chi connectivity index (χ1n) is 13.4. The van der Waals surface area contributed by atoms with Crippen molar-refractivity contribution in [2.45, 2.75) is 58.4 Å². The fourth-order valence-corrected chi connectivity index (χ4v) is 5.77. The molecule has 0 radical (unpaired) electrons. The first-order valence-corrected chi connectivity index (χ1v) is 13.7. The van der Waals surface area contributed by atoms with Gasteiger partial charge < -0.3 is 20.4 Å². The van der Waals surface area contributed by atoms with Gasteiger partial charge in [0.05, 0.1) is 16.3 Å². The third-order valence-corrected chi connectivity index (χ3v) is 8.35. The molecular weight excluding hydrogens is 542 g/mol. The number of carbonyl (C=O) groups is 1. The molecule has 2 atom stereocenters. The minimum absolute atomic E-state index is 0.0317. The summed E-state index contributed by atoms with van der Waals surface area (Å²) in [6, 6.07) is 7.79. The number of hydrogen-bond acceptors (Lipinski definition) is 7. The summed E-state index contributed by atoms with van der Waals surface area (Å²) in [4.78, 5) is 21.2. The van der Waals surface area contributed by atoms with Gasteiger partial charge in [0, 0.05) is 54.8 Å². The van der Waals surface area contributed by atoms with Crippen LogP contribution in [0.1, 0.15) is 53.5 Å². The van der Waals surface area contributed by atoms with Crippen molar-refractivity contribution in [1.29, 1.82) is 0 Å². The number of anilines is 2. The topological polar surface area (TPSA) is 118 Å². The molecule has 40 heavy (non-hydrogen) atoms. The molecule has 12 heteroatoms. The van der Waals surface area contributed by atoms with E-state index in [-0.39, 0.29) is 34.6 Å². The number of aliphatic hydroxyl groups is 2. The number of aromatic amines is 1. The van der Waals surface area contributed by atoms with E-state index in [0.717, 1.165) is 12.1 Å². The molecular formula is C28H33ClF2N6O3. The Morgan fingerprint density at radius 1 is 1.23 bits per heavy atom. The molecule has 0 spiro atoms. The van der Waals surface area contributed by atoms with E-state index in [1.165, 1.54) is 12.1 Å². The number of likely N-dealkylation sites (tertiary alicyclic amines) is 2. The molecule has 2 saturated heterocycles. The molecule has 0 bridgehead atoms. The summed E-state index contributed by atoms with van der Waals surface area (Å²) >= 11 is 5.95. The van der Waals surface area contributed by atoms with Gasteiger partial charge in [0.2, 0.25) is 0 Å². The predicted octanol–water partition coefficient (Wildman–Crippen LogP) is 4.16. The molecule has 5 rings (SSSR count). The normalized spacial score (nSPS) is 21.5. The molecule has 3 aromatic rings. The number of aliphatic hydroxyl groups excluding tert-OH is 1. The number of piperidine rings is 1. The van der Waals surface area contributed by atoms with Crippen LogP contribution in [-0.4, -0.2) is 73.1 Å². The van der Waals surface area contributed by atoms with E-state index in [2.05, 4.69) is 20.5 Å². The molecule has 4 heterocycles. The Balaban J connectivity index is 1.43. The van der Waals surface area contributed by atoms with E-state index in [9.17, 15) is 19.4 Å². The number of benzene rings is 1. The fraction of sp³-hybridized carbons (Fsp3) is 0.464. The van der Waals surface area contributed by atoms with Crippen molar-refractivity contribution in [2.75, 3.05) is 25.0 Å². The highest BCUT2D eigenvalue weighted by Crippen LogP contribution is 2.42. The molecule has 0 saturated carbocycles. The quantitative estimate of drug-likeness (QED) is 0.298. The van der Waals surface area contributed by atoms with Crippen molar-refractivity contribution < 1.29 is 23.8 Å². The number of halogens is 3. The van der Waals surface area contributed by atoms with Crippen molar-refractivity contribution in [3.05, 3.63) is 69.5 Å². The molecule has 2 fully saturated rings. The molecule has 0 unspecified atom stereocenters. The van der Waals surface area contributed by atoms with Gasteiger partial charge in [-0.3, -0.25) is 14.8 Å². The van der Waals surface area contributed by atoms with Crippen molar-refractivity contribution >= 4 is 29.1 Å². The van der Waals surface area contributed by atoms with Crippen molar-refractivity contribution in [3.8, 4) is 0 Å². The number of hydrogen-bond donors (Lipinski definition) is 4. The van der Waals surface area contributed by atoms with Gasteiger partial charge in [0.1, 0.15) is 11.6 Å². The maximum Gasteiger partial charge on any atom is 0.257 e. The smallest absolute Gasteiger partial charge is 0.257 e. The highest BCUT2D eigenvalue weighted by Gasteiger charge is 2.44. The van der Waals surface area contributed by atoms with Gasteiger partial charge in [-0.1, -0.05) is 23.7 Å². The highest BCUT2D eigenvalue weighted by atomic mass is 35.5. The summed E-state index contributed by atoms with van der Waals surface area (Å²) in [5.74, 6) is -0.985. The summed E-state index contributed by atoms with van der Waals surface area (Å²) < 4.78 is 30.5. The molecule has 2 aliphatic rings. The Morgan fingerprint density at radius 3 is 2.62 bits per heavy atom. The third-order valence-electron chi connectivity index (χ3n) is 8.06. The van der Waals surface area contributed by atoms with Crippen LogP contribution >= 0.6 is 11.6 Å². The van der Waals surface area contributed by atoms with Crippen LogP contribution in [0.15, 0.2) is 30.3 Å². The highest BCUT2D eigenvalue weighted by molar-refractivity contribution is 6.30. The summed E-state index contributed by atoms with van der Waals surface area (Å²) in [5, 5.41) is 31.2. The van der Waals surface area contributed by atoms with Gasteiger partial charge in [0.15, 0.2) is 17.9 Å². The summed E-state index contributed by atoms with van der Waals surface area (Å²) in [7, 11) is 0. The number of pyridine rings is 1. The Hall–Kier alpha value is -3.12. The fourth-order valence-electron chi connectivity index (χ4n) is 5.57. The third kappa shape index (κ3) is 5.69. The van der Waals surface area contributed by atoms with Crippen LogP contribution in [-0.2, 0) is 13.0 Å². The van der Waals surface area contributed by atoms with Crippen molar-refractivity contribution in [1.82, 2.24) is 25.0 Å². The number of carbonyl (C=O) groups excluding carboxylic acids is 1. The Kier molecular flexibility index (Phi) is 8.10. The molecule has 2 aliphatic heterocycles. The number of aromatic nitrogens is 3. The van der Waals surface area contributed by atoms with Crippen molar-refractivity contribution in [3.63, 3.8) is 0 Å². The maximum atomic E-state index is 15.9. The average molecular weight is 575 g/mol. The van der Waals surface area contributed by atoms with E-state index in [4.69, 9.17) is 11.6 Å². The van der Waals surface area contributed by atoms with Gasteiger partial charge in [-0.05, 0) is 51.8 Å². The standard InChI is InChI=1S/C28H33ClF2N6O3/c1-16-11-23(35-34-16)33-22-12-19(26(38)36-8-4-9-36)25(31)21(32-22)14-28(27(39)40)7-10-37(17(2)13-28)15-18-5-3-6-20(29)24(18)30/h3,5-6,11-12,17,27,39-40H,4,7-10,13-15H2,1-2H3,(H2,32,33,34,35)/t17-,28-/m1/s1. The molecule has 9 nitrogen and oxygen atoms in total. The van der Waals surface area contributed by atoms with Gasteiger partial charge >= 0.3 is 0 Å². The minimum atomic E-state index is -1.76. The van der Waals surface area contributed by atoms with E-state index >= 15 is 4.39 Å². The summed E-state index contributed by atoms with van der Waals surface area (Å²) in [5.41, 5.74) is -0.0252. The van der Waals surface area contributed by atoms with Crippen LogP contribution in [0.4, 0.5) is 20.4 Å². The van der Waals surface area contributed by atoms with Gasteiger partial charge in [0.25, 0.3) is 5.91 Å². The van der Waals surface area contributed by atoms with Gasteiger partial charge in [-0.25, -0.2) is 13.8 Å². The molecule has 214 valence electrons. The second-order valence-corrected chi connectivity index (χ2v) is 11.3. The number of H-pyrrole nitrogens is 1. The first kappa shape index (κ1) is 28.4.